The third-order valence-electron chi connectivity index (χ3n) is 5.57. The van der Waals surface area contributed by atoms with Gasteiger partial charge >= 0.3 is 0 Å². The molecule has 0 aliphatic rings. The number of nitrogens with zero attached hydrogens (tertiary/aromatic N) is 4. The lowest BCUT2D eigenvalue weighted by Crippen LogP contribution is -2.22. The van der Waals surface area contributed by atoms with Gasteiger partial charge in [0.05, 0.1) is 17.9 Å². The minimum absolute atomic E-state index is 0.256. The van der Waals surface area contributed by atoms with Crippen molar-refractivity contribution in [1.82, 2.24) is 24.6 Å². The molecule has 0 spiro atoms. The molecule has 5 aromatic rings. The van der Waals surface area contributed by atoms with Gasteiger partial charge in [0.1, 0.15) is 16.9 Å². The Hall–Kier alpha value is -3.71. The summed E-state index contributed by atoms with van der Waals surface area (Å²) in [5.74, 6) is 0.609. The van der Waals surface area contributed by atoms with Crippen molar-refractivity contribution in [2.24, 2.45) is 0 Å². The van der Waals surface area contributed by atoms with Crippen LogP contribution in [0.3, 0.4) is 0 Å². The predicted octanol–water partition coefficient (Wildman–Crippen LogP) is 4.10. The van der Waals surface area contributed by atoms with Gasteiger partial charge in [0.15, 0.2) is 0 Å². The van der Waals surface area contributed by atoms with E-state index in [0.717, 1.165) is 22.5 Å². The lowest BCUT2D eigenvalue weighted by molar-refractivity contribution is 0.309. The average molecular weight is 413 g/mol. The molecule has 0 radical (unpaired) electrons. The van der Waals surface area contributed by atoms with Gasteiger partial charge in [-0.05, 0) is 45.2 Å². The van der Waals surface area contributed by atoms with Crippen LogP contribution in [0.15, 0.2) is 63.8 Å². The van der Waals surface area contributed by atoms with Gasteiger partial charge in [-0.25, -0.2) is 9.67 Å². The minimum atomic E-state index is -0.256. The number of rotatable bonds is 5. The van der Waals surface area contributed by atoms with E-state index < -0.39 is 0 Å². The number of hydrogen-bond acceptors (Lipinski definition) is 5. The number of aromatic amines is 1. The number of benzene rings is 2. The fourth-order valence-corrected chi connectivity index (χ4v) is 4.03. The molecule has 0 aliphatic heterocycles. The fourth-order valence-electron chi connectivity index (χ4n) is 4.03. The molecule has 2 aromatic carbocycles. The Morgan fingerprint density at radius 2 is 1.77 bits per heavy atom. The van der Waals surface area contributed by atoms with Gasteiger partial charge in [-0.2, -0.15) is 5.10 Å². The number of hydrogen-bond donors (Lipinski definition) is 1. The lowest BCUT2D eigenvalue weighted by atomic mass is 10.2. The van der Waals surface area contributed by atoms with E-state index in [-0.39, 0.29) is 11.1 Å². The second-order valence-electron chi connectivity index (χ2n) is 7.86. The van der Waals surface area contributed by atoms with Crippen molar-refractivity contribution < 1.29 is 4.42 Å². The summed E-state index contributed by atoms with van der Waals surface area (Å²) in [6.45, 7) is 5.30. The fraction of sp³-hybridized carbons (Fsp3) is 0.208. The number of furan rings is 1. The minimum Gasteiger partial charge on any atom is -0.449 e. The highest BCUT2D eigenvalue weighted by Crippen LogP contribution is 2.25. The summed E-state index contributed by atoms with van der Waals surface area (Å²) >= 11 is 0. The van der Waals surface area contributed by atoms with Crippen LogP contribution in [-0.4, -0.2) is 31.7 Å². The van der Waals surface area contributed by atoms with E-state index in [9.17, 15) is 4.79 Å². The summed E-state index contributed by atoms with van der Waals surface area (Å²) in [4.78, 5) is 22.2. The van der Waals surface area contributed by atoms with Gasteiger partial charge < -0.3 is 9.40 Å². The van der Waals surface area contributed by atoms with Crippen LogP contribution in [0.4, 0.5) is 0 Å². The lowest BCUT2D eigenvalue weighted by Gasteiger charge is -2.16. The zero-order chi connectivity index (χ0) is 21.5. The van der Waals surface area contributed by atoms with Crippen LogP contribution >= 0.6 is 0 Å². The topological polar surface area (TPSA) is 79.9 Å². The van der Waals surface area contributed by atoms with Gasteiger partial charge in [0.2, 0.25) is 5.58 Å². The maximum atomic E-state index is 12.6. The molecule has 0 amide bonds. The summed E-state index contributed by atoms with van der Waals surface area (Å²) in [7, 11) is 2.01. The van der Waals surface area contributed by atoms with E-state index >= 15 is 0 Å². The third-order valence-corrected chi connectivity index (χ3v) is 5.57. The van der Waals surface area contributed by atoms with Crippen LogP contribution in [0, 0.1) is 13.8 Å². The van der Waals surface area contributed by atoms with Crippen molar-refractivity contribution in [3.63, 3.8) is 0 Å². The quantitative estimate of drug-likeness (QED) is 0.469. The highest BCUT2D eigenvalue weighted by atomic mass is 16.3. The van der Waals surface area contributed by atoms with Gasteiger partial charge in [0.25, 0.3) is 5.56 Å². The molecule has 3 aromatic heterocycles. The van der Waals surface area contributed by atoms with Crippen molar-refractivity contribution in [2.75, 3.05) is 7.05 Å². The number of fused-ring (bicyclic) bond motifs is 3. The molecule has 7 nitrogen and oxygen atoms in total. The monoisotopic (exact) mass is 413 g/mol. The zero-order valence-corrected chi connectivity index (χ0v) is 17.7. The Kier molecular flexibility index (Phi) is 4.67. The molecule has 0 saturated carbocycles. The Morgan fingerprint density at radius 3 is 2.58 bits per heavy atom. The second kappa shape index (κ2) is 7.52. The maximum absolute atomic E-state index is 12.6. The van der Waals surface area contributed by atoms with Gasteiger partial charge in [-0.3, -0.25) is 9.69 Å². The molecule has 7 heteroatoms. The number of H-pyrrole nitrogens is 1. The summed E-state index contributed by atoms with van der Waals surface area (Å²) in [6, 6.07) is 17.7. The highest BCUT2D eigenvalue weighted by molar-refractivity contribution is 6.01. The van der Waals surface area contributed by atoms with E-state index in [1.807, 2.05) is 73.3 Å². The molecule has 0 fully saturated rings. The van der Waals surface area contributed by atoms with Crippen LogP contribution in [-0.2, 0) is 13.1 Å². The van der Waals surface area contributed by atoms with Crippen LogP contribution in [0.1, 0.15) is 22.8 Å². The van der Waals surface area contributed by atoms with Crippen molar-refractivity contribution >= 4 is 22.1 Å². The molecule has 0 saturated heterocycles. The Morgan fingerprint density at radius 1 is 1.03 bits per heavy atom. The largest absolute Gasteiger partial charge is 0.449 e. The molecule has 0 atom stereocenters. The van der Waals surface area contributed by atoms with Crippen molar-refractivity contribution in [2.45, 2.75) is 26.9 Å². The Balaban J connectivity index is 1.43. The molecule has 31 heavy (non-hydrogen) atoms. The molecule has 5 rings (SSSR count). The van der Waals surface area contributed by atoms with E-state index in [0.29, 0.717) is 30.0 Å². The maximum Gasteiger partial charge on any atom is 0.294 e. The molecule has 1 N–H and O–H groups in total. The normalized spacial score (nSPS) is 11.7. The van der Waals surface area contributed by atoms with E-state index in [4.69, 9.17) is 14.5 Å². The number of aromatic nitrogens is 4. The number of aryl methyl sites for hydroxylation is 1. The van der Waals surface area contributed by atoms with E-state index in [2.05, 4.69) is 16.8 Å². The van der Waals surface area contributed by atoms with Crippen LogP contribution in [0.5, 0.6) is 0 Å². The Labute approximate surface area is 178 Å². The molecule has 0 bridgehead atoms. The number of nitrogens with one attached hydrogen (secondary N) is 1. The van der Waals surface area contributed by atoms with Crippen LogP contribution in [0.2, 0.25) is 0 Å². The van der Waals surface area contributed by atoms with Crippen molar-refractivity contribution in [3.8, 4) is 5.69 Å². The first-order chi connectivity index (χ1) is 15.0. The van der Waals surface area contributed by atoms with Crippen LogP contribution in [0.25, 0.3) is 27.8 Å². The van der Waals surface area contributed by atoms with Gasteiger partial charge in [0, 0.05) is 23.2 Å². The molecule has 0 unspecified atom stereocenters. The predicted molar refractivity (Wildman–Crippen MR) is 120 cm³/mol. The second-order valence-corrected chi connectivity index (χ2v) is 7.86. The van der Waals surface area contributed by atoms with Crippen molar-refractivity contribution in [3.05, 3.63) is 87.7 Å². The standard InChI is InChI=1S/C24H23N5O2/c1-15-19(16(2)29(27-15)17-9-5-4-6-10-17)13-28(3)14-21-25-22-18-11-7-8-12-20(18)31-23(22)24(30)26-21/h4-12H,13-14H2,1-3H3,(H,25,26,30). The zero-order valence-electron chi connectivity index (χ0n) is 17.7. The summed E-state index contributed by atoms with van der Waals surface area (Å²) in [5, 5.41) is 5.58. The van der Waals surface area contributed by atoms with Crippen LogP contribution < -0.4 is 5.56 Å². The highest BCUT2D eigenvalue weighted by Gasteiger charge is 2.17. The smallest absolute Gasteiger partial charge is 0.294 e. The SMILES string of the molecule is Cc1nn(-c2ccccc2)c(C)c1CN(C)Cc1nc2c(oc3ccccc32)c(=O)[nH]1. The molecule has 3 heterocycles. The first kappa shape index (κ1) is 19.3. The summed E-state index contributed by atoms with van der Waals surface area (Å²) < 4.78 is 7.66. The van der Waals surface area contributed by atoms with Crippen molar-refractivity contribution in [1.29, 1.82) is 0 Å². The van der Waals surface area contributed by atoms with Gasteiger partial charge in [-0.1, -0.05) is 30.3 Å². The summed E-state index contributed by atoms with van der Waals surface area (Å²) in [5.41, 5.74) is 5.59. The third kappa shape index (κ3) is 3.43. The van der Waals surface area contributed by atoms with Gasteiger partial charge in [-0.15, -0.1) is 0 Å². The first-order valence-corrected chi connectivity index (χ1v) is 10.2. The Bertz CT molecular complexity index is 1450. The summed E-state index contributed by atoms with van der Waals surface area (Å²) in [6.07, 6.45) is 0. The molecule has 0 aliphatic carbocycles. The van der Waals surface area contributed by atoms with E-state index in [1.165, 1.54) is 5.56 Å². The first-order valence-electron chi connectivity index (χ1n) is 10.2. The number of para-hydroxylation sites is 2. The molecular weight excluding hydrogens is 390 g/mol. The molecule has 156 valence electrons. The molecular formula is C24H23N5O2. The van der Waals surface area contributed by atoms with E-state index in [1.54, 1.807) is 0 Å². The average Bonchev–Trinajstić information content (AvgIpc) is 3.27.